The van der Waals surface area contributed by atoms with Gasteiger partial charge in [0.25, 0.3) is 0 Å². The van der Waals surface area contributed by atoms with Crippen molar-refractivity contribution in [1.82, 2.24) is 0 Å². The standard InChI is InChI=1S/C30H21NS3/c1-4-28(32-19-1)22-7-13-25(14-8-22)31(26-15-9-23(10-16-26)29-5-2-20-33-29)27-17-11-24(12-18-27)30-6-3-21-34-30/h1-21H/p+1. The Kier molecular flexibility index (Phi) is 5.96. The summed E-state index contributed by atoms with van der Waals surface area (Å²) in [5.74, 6) is 0. The molecule has 0 saturated heterocycles. The third-order valence-corrected chi connectivity index (χ3v) is 8.69. The highest BCUT2D eigenvalue weighted by atomic mass is 32.1. The second-order valence-corrected chi connectivity index (χ2v) is 10.9. The van der Waals surface area contributed by atoms with Crippen LogP contribution in [-0.2, 0) is 0 Å². The maximum atomic E-state index is 2.25. The predicted molar refractivity (Wildman–Crippen MR) is 149 cm³/mol. The van der Waals surface area contributed by atoms with E-state index in [1.54, 1.807) is 34.0 Å². The van der Waals surface area contributed by atoms with Gasteiger partial charge >= 0.3 is 0 Å². The monoisotopic (exact) mass is 492 g/mol. The van der Waals surface area contributed by atoms with Crippen molar-refractivity contribution in [2.75, 3.05) is 0 Å². The molecule has 6 aromatic rings. The molecule has 6 rings (SSSR count). The average Bonchev–Trinajstić information content (AvgIpc) is 3.69. The van der Waals surface area contributed by atoms with E-state index in [0.29, 0.717) is 0 Å². The highest BCUT2D eigenvalue weighted by Gasteiger charge is 2.20. The zero-order valence-corrected chi connectivity index (χ0v) is 20.8. The molecule has 3 aromatic carbocycles. The lowest BCUT2D eigenvalue weighted by atomic mass is 10.1. The Hall–Kier alpha value is -3.28. The van der Waals surface area contributed by atoms with Crippen LogP contribution in [-0.4, -0.2) is 0 Å². The van der Waals surface area contributed by atoms with Crippen molar-refractivity contribution in [2.24, 2.45) is 0 Å². The van der Waals surface area contributed by atoms with Crippen LogP contribution in [0.15, 0.2) is 125 Å². The van der Waals surface area contributed by atoms with Gasteiger partial charge < -0.3 is 0 Å². The maximum Gasteiger partial charge on any atom is 0.141 e. The van der Waals surface area contributed by atoms with Crippen LogP contribution in [0.3, 0.4) is 0 Å². The van der Waals surface area contributed by atoms with Gasteiger partial charge in [-0.2, -0.15) is 0 Å². The molecule has 0 radical (unpaired) electrons. The highest BCUT2D eigenvalue weighted by Crippen LogP contribution is 2.29. The lowest BCUT2D eigenvalue weighted by Crippen LogP contribution is -2.96. The van der Waals surface area contributed by atoms with E-state index in [2.05, 4.69) is 125 Å². The van der Waals surface area contributed by atoms with Crippen molar-refractivity contribution in [1.29, 1.82) is 0 Å². The number of nitrogens with one attached hydrogen (secondary N) is 1. The third kappa shape index (κ3) is 4.29. The van der Waals surface area contributed by atoms with Crippen molar-refractivity contribution < 1.29 is 4.90 Å². The molecular formula is C30H22NS3+. The molecule has 0 bridgehead atoms. The fourth-order valence-corrected chi connectivity index (χ4v) is 6.43. The molecule has 0 atom stereocenters. The highest BCUT2D eigenvalue weighted by molar-refractivity contribution is 7.14. The van der Waals surface area contributed by atoms with E-state index in [0.717, 1.165) is 0 Å². The first kappa shape index (κ1) is 21.3. The molecule has 1 nitrogen and oxygen atoms in total. The van der Waals surface area contributed by atoms with E-state index in [1.807, 2.05) is 0 Å². The van der Waals surface area contributed by atoms with Crippen LogP contribution in [0.5, 0.6) is 0 Å². The molecule has 4 heteroatoms. The zero-order chi connectivity index (χ0) is 22.7. The minimum absolute atomic E-state index is 1.23. The lowest BCUT2D eigenvalue weighted by molar-refractivity contribution is -0.681. The SMILES string of the molecule is c1csc(-c2ccc([NH+](c3ccc(-c4cccs4)cc3)c3ccc(-c4cccs4)cc3)cc2)c1. The number of quaternary nitrogens is 1. The molecular weight excluding hydrogens is 471 g/mol. The van der Waals surface area contributed by atoms with Gasteiger partial charge in [-0.05, 0) is 87.4 Å². The van der Waals surface area contributed by atoms with Crippen LogP contribution in [0.2, 0.25) is 0 Å². The molecule has 0 saturated carbocycles. The Bertz CT molecular complexity index is 1260. The molecule has 164 valence electrons. The quantitative estimate of drug-likeness (QED) is 0.236. The van der Waals surface area contributed by atoms with E-state index in [9.17, 15) is 0 Å². The minimum atomic E-state index is 1.23. The van der Waals surface area contributed by atoms with Gasteiger partial charge in [0.1, 0.15) is 17.1 Å². The van der Waals surface area contributed by atoms with E-state index >= 15 is 0 Å². The van der Waals surface area contributed by atoms with E-state index in [-0.39, 0.29) is 0 Å². The summed E-state index contributed by atoms with van der Waals surface area (Å²) in [5.41, 5.74) is 7.48. The molecule has 0 fully saturated rings. The second-order valence-electron chi connectivity index (χ2n) is 8.04. The van der Waals surface area contributed by atoms with Crippen LogP contribution < -0.4 is 4.90 Å². The maximum absolute atomic E-state index is 2.25. The van der Waals surface area contributed by atoms with Gasteiger partial charge in [0.15, 0.2) is 0 Å². The number of hydrogen-bond donors (Lipinski definition) is 1. The van der Waals surface area contributed by atoms with Gasteiger partial charge in [-0.1, -0.05) is 18.2 Å². The van der Waals surface area contributed by atoms with E-state index in [4.69, 9.17) is 0 Å². The molecule has 3 heterocycles. The van der Waals surface area contributed by atoms with Crippen molar-refractivity contribution in [3.8, 4) is 31.3 Å². The van der Waals surface area contributed by atoms with Crippen molar-refractivity contribution in [2.45, 2.75) is 0 Å². The molecule has 0 aliphatic rings. The fourth-order valence-electron chi connectivity index (χ4n) is 4.23. The van der Waals surface area contributed by atoms with E-state index in [1.165, 1.54) is 53.3 Å². The molecule has 0 aliphatic heterocycles. The molecule has 34 heavy (non-hydrogen) atoms. The molecule has 0 unspecified atom stereocenters. The Morgan fingerprint density at radius 3 is 0.882 bits per heavy atom. The third-order valence-electron chi connectivity index (χ3n) is 5.94. The second kappa shape index (κ2) is 9.53. The first-order valence-electron chi connectivity index (χ1n) is 11.1. The van der Waals surface area contributed by atoms with Crippen LogP contribution in [0.1, 0.15) is 0 Å². The fraction of sp³-hybridized carbons (Fsp3) is 0. The first-order chi connectivity index (χ1) is 16.8. The lowest BCUT2D eigenvalue weighted by Gasteiger charge is -2.19. The molecule has 0 amide bonds. The van der Waals surface area contributed by atoms with Crippen molar-refractivity contribution in [3.05, 3.63) is 125 Å². The molecule has 1 N–H and O–H groups in total. The van der Waals surface area contributed by atoms with Gasteiger partial charge in [0, 0.05) is 51.0 Å². The predicted octanol–water partition coefficient (Wildman–Crippen LogP) is 9.05. The topological polar surface area (TPSA) is 4.44 Å². The van der Waals surface area contributed by atoms with Gasteiger partial charge in [0.2, 0.25) is 0 Å². The number of hydrogen-bond acceptors (Lipinski definition) is 3. The van der Waals surface area contributed by atoms with Crippen LogP contribution >= 0.6 is 34.0 Å². The summed E-state index contributed by atoms with van der Waals surface area (Å²) in [6.45, 7) is 0. The smallest absolute Gasteiger partial charge is 0.141 e. The summed E-state index contributed by atoms with van der Waals surface area (Å²) >= 11 is 5.34. The summed E-state index contributed by atoms with van der Waals surface area (Å²) in [7, 11) is 0. The molecule has 0 aliphatic carbocycles. The summed E-state index contributed by atoms with van der Waals surface area (Å²) in [5, 5.41) is 6.39. The average molecular weight is 493 g/mol. The van der Waals surface area contributed by atoms with Gasteiger partial charge in [-0.15, -0.1) is 34.0 Å². The summed E-state index contributed by atoms with van der Waals surface area (Å²) in [6.07, 6.45) is 0. The first-order valence-corrected chi connectivity index (χ1v) is 13.8. The van der Waals surface area contributed by atoms with Crippen LogP contribution in [0.4, 0.5) is 17.1 Å². The van der Waals surface area contributed by atoms with Gasteiger partial charge in [-0.25, -0.2) is 4.90 Å². The molecule has 0 spiro atoms. The Morgan fingerprint density at radius 1 is 0.353 bits per heavy atom. The number of benzene rings is 3. The van der Waals surface area contributed by atoms with Crippen LogP contribution in [0, 0.1) is 0 Å². The van der Waals surface area contributed by atoms with E-state index < -0.39 is 0 Å². The Balaban J connectivity index is 1.39. The summed E-state index contributed by atoms with van der Waals surface area (Å²) in [6, 6.07) is 39.8. The number of rotatable bonds is 6. The zero-order valence-electron chi connectivity index (χ0n) is 18.3. The normalized spacial score (nSPS) is 11.2. The van der Waals surface area contributed by atoms with Crippen molar-refractivity contribution >= 4 is 51.1 Å². The van der Waals surface area contributed by atoms with Gasteiger partial charge in [-0.3, -0.25) is 0 Å². The Morgan fingerprint density at radius 2 is 0.647 bits per heavy atom. The molecule has 3 aromatic heterocycles. The largest absolute Gasteiger partial charge is 0.238 e. The van der Waals surface area contributed by atoms with Crippen LogP contribution in [0.25, 0.3) is 31.3 Å². The summed E-state index contributed by atoms with van der Waals surface area (Å²) in [4.78, 5) is 5.16. The summed E-state index contributed by atoms with van der Waals surface area (Å²) < 4.78 is 0. The number of thiophene rings is 3. The van der Waals surface area contributed by atoms with Gasteiger partial charge in [0.05, 0.1) is 0 Å². The van der Waals surface area contributed by atoms with Crippen molar-refractivity contribution in [3.63, 3.8) is 0 Å². The Labute approximate surface area is 211 Å². The minimum Gasteiger partial charge on any atom is -0.238 e.